The molecule has 0 amide bonds. The Morgan fingerprint density at radius 1 is 0.767 bits per heavy atom. The van der Waals surface area contributed by atoms with Gasteiger partial charge >= 0.3 is 5.97 Å². The molecule has 0 bridgehead atoms. The van der Waals surface area contributed by atoms with Crippen molar-refractivity contribution >= 4 is 17.3 Å². The molecule has 2 aromatic carbocycles. The van der Waals surface area contributed by atoms with Crippen molar-refractivity contribution in [1.82, 2.24) is 0 Å². The summed E-state index contributed by atoms with van der Waals surface area (Å²) < 4.78 is 10.5. The van der Waals surface area contributed by atoms with Crippen molar-refractivity contribution in [2.24, 2.45) is 0 Å². The second-order valence-corrected chi connectivity index (χ2v) is 5.22. The zero-order valence-electron chi connectivity index (χ0n) is 15.5. The lowest BCUT2D eigenvalue weighted by Gasteiger charge is -2.06. The molecule has 162 valence electrons. The minimum absolute atomic E-state index is 0. The maximum atomic E-state index is 12.2. The molecule has 0 radical (unpaired) electrons. The Hall–Kier alpha value is -5.33. The van der Waals surface area contributed by atoms with Crippen LogP contribution in [0.1, 0.15) is 26.1 Å². The number of benzene rings is 2. The fraction of sp³-hybridized carbons (Fsp3) is 0. The third-order valence-electron chi connectivity index (χ3n) is 3.04. The van der Waals surface area contributed by atoms with Gasteiger partial charge in [0.05, 0.1) is 5.56 Å². The van der Waals surface area contributed by atoms with Gasteiger partial charge in [-0.3, -0.25) is 0 Å². The van der Waals surface area contributed by atoms with Gasteiger partial charge in [-0.25, -0.2) is 4.79 Å². The summed E-state index contributed by atoms with van der Waals surface area (Å²) >= 11 is 0. The fourth-order valence-corrected chi connectivity index (χ4v) is 1.90. The average Bonchev–Trinajstić information content (AvgIpc) is 2.72. The molecular weight excluding hydrogens is 376 g/mol. The molecule has 4 N–H and O–H groups in total. The molecule has 0 atom stereocenters. The molecule has 0 aromatic heterocycles. The molecule has 0 aliphatic heterocycles. The maximum Gasteiger partial charge on any atom is 0.343 e. The van der Waals surface area contributed by atoms with Crippen molar-refractivity contribution < 1.29 is 30.0 Å². The monoisotopic (exact) mass is 410 g/mol. The maximum absolute atomic E-state index is 12.2. The molecular formula is C25H34N2O3. The van der Waals surface area contributed by atoms with Crippen molar-refractivity contribution in [3.8, 4) is 83.2 Å². The van der Waals surface area contributed by atoms with Gasteiger partial charge < -0.3 is 20.9 Å². The first-order valence-corrected chi connectivity index (χ1v) is 8.19. The van der Waals surface area contributed by atoms with Gasteiger partial charge in [-0.1, -0.05) is 0 Å². The molecule has 0 saturated heterocycles. The lowest BCUT2D eigenvalue weighted by atomic mass is 10.2. The van der Waals surface area contributed by atoms with E-state index in [1.165, 1.54) is 12.1 Å². The Balaban J connectivity index is -0.000000109. The van der Waals surface area contributed by atoms with Crippen LogP contribution in [-0.4, -0.2) is 5.97 Å². The number of nitrogens with two attached hydrogens (primary N) is 2. The van der Waals surface area contributed by atoms with Crippen molar-refractivity contribution in [3.05, 3.63) is 48.0 Å². The molecule has 30 heavy (non-hydrogen) atoms. The van der Waals surface area contributed by atoms with Crippen molar-refractivity contribution in [2.45, 2.75) is 0 Å². The van der Waals surface area contributed by atoms with E-state index in [0.717, 1.165) is 0 Å². The molecule has 5 nitrogen and oxygen atoms in total. The van der Waals surface area contributed by atoms with E-state index < -0.39 is 5.97 Å². The van der Waals surface area contributed by atoms with Gasteiger partial charge in [0.15, 0.2) is 0 Å². The van der Waals surface area contributed by atoms with E-state index >= 15 is 0 Å². The van der Waals surface area contributed by atoms with Gasteiger partial charge in [-0.15, -0.1) is 6.42 Å². The first kappa shape index (κ1) is 21.0. The minimum atomic E-state index is -0.577. The molecule has 0 saturated carbocycles. The van der Waals surface area contributed by atoms with Gasteiger partial charge in [0.2, 0.25) is 0 Å². The topological polar surface area (TPSA) is 87.6 Å². The van der Waals surface area contributed by atoms with Gasteiger partial charge in [0.25, 0.3) is 0 Å². The van der Waals surface area contributed by atoms with E-state index in [9.17, 15) is 4.79 Å². The molecule has 0 aliphatic rings. The molecule has 5 heteroatoms. The zero-order chi connectivity index (χ0) is 21.6. The van der Waals surface area contributed by atoms with Crippen LogP contribution in [0.3, 0.4) is 0 Å². The fourth-order valence-electron chi connectivity index (χ4n) is 1.90. The van der Waals surface area contributed by atoms with Crippen LogP contribution in [0.2, 0.25) is 0 Å². The number of ether oxygens (including phenoxy) is 2. The Morgan fingerprint density at radius 3 is 1.83 bits per heavy atom. The zero-order valence-corrected chi connectivity index (χ0v) is 15.5. The Morgan fingerprint density at radius 2 is 1.27 bits per heavy atom. The number of rotatable bonds is 3. The van der Waals surface area contributed by atoms with Crippen molar-refractivity contribution in [1.29, 1.82) is 0 Å². The summed E-state index contributed by atoms with van der Waals surface area (Å²) in [6.07, 6.45) is 7.34. The second-order valence-electron chi connectivity index (χ2n) is 5.22. The molecule has 0 aliphatic carbocycles. The number of carbonyl (C=O) groups is 1. The number of nitrogen functional groups attached to an aromatic ring is 2. The van der Waals surface area contributed by atoms with E-state index in [-0.39, 0.29) is 21.3 Å². The lowest BCUT2D eigenvalue weighted by molar-refractivity contribution is 0.0734. The number of hydrogen-bond acceptors (Lipinski definition) is 5. The van der Waals surface area contributed by atoms with E-state index in [0.29, 0.717) is 22.9 Å². The minimum Gasteiger partial charge on any atom is -0.423 e. The highest BCUT2D eigenvalue weighted by Crippen LogP contribution is 2.20. The number of esters is 1. The number of hydrogen-bond donors (Lipinski definition) is 2. The summed E-state index contributed by atoms with van der Waals surface area (Å²) in [5, 5.41) is 0. The van der Waals surface area contributed by atoms with Gasteiger partial charge in [0, 0.05) is 56.7 Å². The lowest BCUT2D eigenvalue weighted by Crippen LogP contribution is -2.09. The second kappa shape index (κ2) is 11.4. The smallest absolute Gasteiger partial charge is 0.343 e. The summed E-state index contributed by atoms with van der Waals surface area (Å²) in [7, 11) is 0. The number of anilines is 2. The Labute approximate surface area is 191 Å². The average molecular weight is 411 g/mol. The molecule has 0 heterocycles. The highest BCUT2D eigenvalue weighted by molar-refractivity contribution is 5.93. The molecule has 2 aromatic rings. The van der Waals surface area contributed by atoms with E-state index in [4.69, 9.17) is 27.4 Å². The van der Waals surface area contributed by atoms with E-state index in [2.05, 4.69) is 65.3 Å². The molecule has 2 rings (SSSR count). The third-order valence-corrected chi connectivity index (χ3v) is 3.04. The van der Waals surface area contributed by atoms with Crippen LogP contribution in [0.25, 0.3) is 0 Å². The van der Waals surface area contributed by atoms with Crippen molar-refractivity contribution in [3.63, 3.8) is 0 Å². The highest BCUT2D eigenvalue weighted by atomic mass is 16.5. The predicted octanol–water partition coefficient (Wildman–Crippen LogP) is 4.76. The van der Waals surface area contributed by atoms with Crippen LogP contribution in [0.4, 0.5) is 11.4 Å². The van der Waals surface area contributed by atoms with Crippen LogP contribution in [0.5, 0.6) is 11.5 Å². The van der Waals surface area contributed by atoms with Crippen LogP contribution in [0.15, 0.2) is 42.5 Å². The normalized spacial score (nSPS) is 7.70. The van der Waals surface area contributed by atoms with E-state index in [1.54, 1.807) is 30.3 Å². The highest BCUT2D eigenvalue weighted by Gasteiger charge is 2.10. The summed E-state index contributed by atoms with van der Waals surface area (Å²) in [6.45, 7) is 0. The Bertz CT molecular complexity index is 1320. The van der Waals surface area contributed by atoms with Crippen LogP contribution in [-0.2, 0) is 0 Å². The van der Waals surface area contributed by atoms with Gasteiger partial charge in [0.1, 0.15) is 17.6 Å². The van der Waals surface area contributed by atoms with Crippen LogP contribution >= 0.6 is 0 Å². The standard InChI is InChI=1S/C25H12N2O3.11H2/c1-2-3-4-5-6-7-8-9-10-11-16-29-23-12-14-24(15-13-23)30-25(28)20-17-21(26)19-22(27)18-20;;;;;;;;;;;/h1,12-15,17-19H,26-27H2;11*1H. The quantitative estimate of drug-likeness (QED) is 0.330. The first-order chi connectivity index (χ1) is 14.6. The summed E-state index contributed by atoms with van der Waals surface area (Å²) in [5.41, 5.74) is 12.4. The SMILES string of the molecule is C#CC#CC#CC#CC#CC#COc1ccc(OC(=O)c2cc(N)cc(N)c2)cc1.[HH].[HH].[HH].[HH].[HH].[HH].[HH].[HH].[HH].[HH].[HH]. The number of terminal acetylenes is 1. The van der Waals surface area contributed by atoms with Crippen LogP contribution < -0.4 is 20.9 Å². The van der Waals surface area contributed by atoms with Gasteiger partial charge in [-0.2, -0.15) is 0 Å². The summed E-state index contributed by atoms with van der Waals surface area (Å²) in [5.74, 6) is 24.4. The number of carbonyl (C=O) groups excluding carboxylic acids is 1. The summed E-state index contributed by atoms with van der Waals surface area (Å²) in [4.78, 5) is 12.2. The Kier molecular flexibility index (Phi) is 7.97. The molecule has 0 unspecified atom stereocenters. The predicted molar refractivity (Wildman–Crippen MR) is 138 cm³/mol. The first-order valence-electron chi connectivity index (χ1n) is 8.19. The van der Waals surface area contributed by atoms with E-state index in [1.807, 2.05) is 0 Å². The third kappa shape index (κ3) is 7.50. The van der Waals surface area contributed by atoms with Crippen molar-refractivity contribution in [2.75, 3.05) is 11.5 Å². The largest absolute Gasteiger partial charge is 0.423 e. The molecule has 0 fully saturated rings. The van der Waals surface area contributed by atoms with Crippen LogP contribution in [0, 0.1) is 71.7 Å². The summed E-state index contributed by atoms with van der Waals surface area (Å²) in [6, 6.07) is 10.8. The van der Waals surface area contributed by atoms with Gasteiger partial charge in [-0.05, 0) is 72.1 Å². The molecule has 0 spiro atoms.